The van der Waals surface area contributed by atoms with Gasteiger partial charge in [-0.3, -0.25) is 4.79 Å². The number of hydrogen-bond acceptors (Lipinski definition) is 4. The first-order valence-corrected chi connectivity index (χ1v) is 8.13. The number of aryl methyl sites for hydroxylation is 1. The van der Waals surface area contributed by atoms with Crippen LogP contribution in [0.4, 0.5) is 4.79 Å². The highest BCUT2D eigenvalue weighted by Crippen LogP contribution is 2.10. The number of amides is 2. The fraction of sp³-hybridized carbons (Fsp3) is 0.389. The lowest BCUT2D eigenvalue weighted by Gasteiger charge is -2.23. The minimum Gasteiger partial charge on any atom is -0.481 e. The largest absolute Gasteiger partial charge is 0.481 e. The van der Waals surface area contributed by atoms with Crippen molar-refractivity contribution in [2.75, 3.05) is 7.05 Å². The van der Waals surface area contributed by atoms with Crippen molar-refractivity contribution in [2.24, 2.45) is 0 Å². The van der Waals surface area contributed by atoms with Crippen LogP contribution < -0.4 is 5.32 Å². The number of carbonyl (C=O) groups excluding carboxylic acids is 1. The SMILES string of the molecule is Cc1cc(CN(C)C(=O)NC(CCC(=O)O)Cc2ccccc2)no1. The van der Waals surface area contributed by atoms with E-state index in [-0.39, 0.29) is 18.5 Å². The Bertz CT molecular complexity index is 699. The van der Waals surface area contributed by atoms with Crippen LogP contribution in [-0.4, -0.2) is 40.3 Å². The van der Waals surface area contributed by atoms with Crippen LogP contribution in [0.25, 0.3) is 0 Å². The van der Waals surface area contributed by atoms with Crippen LogP contribution in [0.3, 0.4) is 0 Å². The van der Waals surface area contributed by atoms with Gasteiger partial charge in [-0.25, -0.2) is 4.79 Å². The quantitative estimate of drug-likeness (QED) is 0.767. The minimum atomic E-state index is -0.876. The molecule has 1 aromatic carbocycles. The third-order valence-corrected chi connectivity index (χ3v) is 3.78. The summed E-state index contributed by atoms with van der Waals surface area (Å²) in [4.78, 5) is 24.8. The summed E-state index contributed by atoms with van der Waals surface area (Å²) in [6, 6.07) is 10.9. The number of carboxylic acids is 1. The third-order valence-electron chi connectivity index (χ3n) is 3.78. The lowest BCUT2D eigenvalue weighted by molar-refractivity contribution is -0.137. The zero-order valence-corrected chi connectivity index (χ0v) is 14.4. The van der Waals surface area contributed by atoms with Gasteiger partial charge in [-0.15, -0.1) is 0 Å². The molecule has 0 fully saturated rings. The molecule has 2 rings (SSSR count). The van der Waals surface area contributed by atoms with Gasteiger partial charge < -0.3 is 19.8 Å². The molecule has 1 heterocycles. The summed E-state index contributed by atoms with van der Waals surface area (Å²) in [5, 5.41) is 15.7. The smallest absolute Gasteiger partial charge is 0.317 e. The average molecular weight is 345 g/mol. The van der Waals surface area contributed by atoms with Crippen LogP contribution >= 0.6 is 0 Å². The fourth-order valence-corrected chi connectivity index (χ4v) is 2.51. The maximum atomic E-state index is 12.4. The second-order valence-corrected chi connectivity index (χ2v) is 6.05. The predicted molar refractivity (Wildman–Crippen MR) is 92.0 cm³/mol. The summed E-state index contributed by atoms with van der Waals surface area (Å²) in [5.41, 5.74) is 1.72. The van der Waals surface area contributed by atoms with E-state index >= 15 is 0 Å². The maximum Gasteiger partial charge on any atom is 0.317 e. The highest BCUT2D eigenvalue weighted by molar-refractivity contribution is 5.74. The number of benzene rings is 1. The Balaban J connectivity index is 1.96. The standard InChI is InChI=1S/C18H23N3O4/c1-13-10-16(20-25-13)12-21(2)18(24)19-15(8-9-17(22)23)11-14-6-4-3-5-7-14/h3-7,10,15H,8-9,11-12H2,1-2H3,(H,19,24)(H,22,23). The molecule has 0 bridgehead atoms. The van der Waals surface area contributed by atoms with Gasteiger partial charge in [-0.2, -0.15) is 0 Å². The van der Waals surface area contributed by atoms with Crippen molar-refractivity contribution >= 4 is 12.0 Å². The predicted octanol–water partition coefficient (Wildman–Crippen LogP) is 2.60. The van der Waals surface area contributed by atoms with Gasteiger partial charge >= 0.3 is 12.0 Å². The van der Waals surface area contributed by atoms with E-state index in [0.717, 1.165) is 5.56 Å². The maximum absolute atomic E-state index is 12.4. The first-order chi connectivity index (χ1) is 11.9. The van der Waals surface area contributed by atoms with E-state index < -0.39 is 5.97 Å². The normalized spacial score (nSPS) is 11.8. The Hall–Kier alpha value is -2.83. The molecule has 2 amide bonds. The number of carboxylic acid groups (broad SMARTS) is 1. The average Bonchev–Trinajstić information content (AvgIpc) is 2.98. The fourth-order valence-electron chi connectivity index (χ4n) is 2.51. The van der Waals surface area contributed by atoms with Crippen LogP contribution in [0, 0.1) is 6.92 Å². The number of nitrogens with one attached hydrogen (secondary N) is 1. The van der Waals surface area contributed by atoms with Crippen molar-refractivity contribution in [3.05, 3.63) is 53.4 Å². The number of aromatic nitrogens is 1. The van der Waals surface area contributed by atoms with E-state index in [1.807, 2.05) is 30.3 Å². The highest BCUT2D eigenvalue weighted by atomic mass is 16.5. The van der Waals surface area contributed by atoms with E-state index in [2.05, 4.69) is 10.5 Å². The summed E-state index contributed by atoms with van der Waals surface area (Å²) in [5.74, 6) is -0.189. The molecule has 0 spiro atoms. The summed E-state index contributed by atoms with van der Waals surface area (Å²) in [6.45, 7) is 2.11. The monoisotopic (exact) mass is 345 g/mol. The number of urea groups is 1. The molecule has 2 aromatic rings. The zero-order valence-electron chi connectivity index (χ0n) is 14.4. The van der Waals surface area contributed by atoms with Gasteiger partial charge in [0.2, 0.25) is 0 Å². The molecule has 0 saturated carbocycles. The Morgan fingerprint density at radius 3 is 2.64 bits per heavy atom. The van der Waals surface area contributed by atoms with E-state index in [1.165, 1.54) is 4.90 Å². The lowest BCUT2D eigenvalue weighted by Crippen LogP contribution is -2.44. The number of nitrogens with zero attached hydrogens (tertiary/aromatic N) is 2. The number of aliphatic carboxylic acids is 1. The van der Waals surface area contributed by atoms with E-state index in [4.69, 9.17) is 9.63 Å². The molecule has 7 nitrogen and oxygen atoms in total. The van der Waals surface area contributed by atoms with Crippen LogP contribution in [0.1, 0.15) is 29.9 Å². The van der Waals surface area contributed by atoms with Crippen molar-refractivity contribution in [1.29, 1.82) is 0 Å². The Labute approximate surface area is 146 Å². The first-order valence-electron chi connectivity index (χ1n) is 8.13. The van der Waals surface area contributed by atoms with Crippen molar-refractivity contribution in [3.63, 3.8) is 0 Å². The molecule has 0 saturated heterocycles. The third kappa shape index (κ3) is 6.29. The first kappa shape index (κ1) is 18.5. The second kappa shape index (κ2) is 8.86. The molecule has 25 heavy (non-hydrogen) atoms. The van der Waals surface area contributed by atoms with Crippen molar-refractivity contribution in [3.8, 4) is 0 Å². The zero-order chi connectivity index (χ0) is 18.2. The molecular formula is C18H23N3O4. The number of carbonyl (C=O) groups is 2. The van der Waals surface area contributed by atoms with Gasteiger partial charge in [0.15, 0.2) is 0 Å². The lowest BCUT2D eigenvalue weighted by atomic mass is 10.0. The number of hydrogen-bond donors (Lipinski definition) is 2. The molecule has 0 aliphatic heterocycles. The van der Waals surface area contributed by atoms with Gasteiger partial charge in [0.25, 0.3) is 0 Å². The Morgan fingerprint density at radius 2 is 2.04 bits per heavy atom. The summed E-state index contributed by atoms with van der Waals surface area (Å²) in [7, 11) is 1.66. The van der Waals surface area contributed by atoms with E-state index in [0.29, 0.717) is 30.8 Å². The van der Waals surface area contributed by atoms with Crippen molar-refractivity contribution in [2.45, 2.75) is 38.8 Å². The Kier molecular flexibility index (Phi) is 6.56. The topological polar surface area (TPSA) is 95.7 Å². The summed E-state index contributed by atoms with van der Waals surface area (Å²) in [6.07, 6.45) is 0.952. The molecule has 0 radical (unpaired) electrons. The molecule has 1 atom stereocenters. The highest BCUT2D eigenvalue weighted by Gasteiger charge is 2.18. The molecule has 1 aromatic heterocycles. The molecule has 0 aliphatic rings. The van der Waals surface area contributed by atoms with Gasteiger partial charge in [0.05, 0.1) is 6.54 Å². The molecule has 0 aliphatic carbocycles. The molecule has 134 valence electrons. The van der Waals surface area contributed by atoms with Crippen LogP contribution in [0.15, 0.2) is 40.9 Å². The van der Waals surface area contributed by atoms with Gasteiger partial charge in [0, 0.05) is 25.6 Å². The summed E-state index contributed by atoms with van der Waals surface area (Å²) >= 11 is 0. The second-order valence-electron chi connectivity index (χ2n) is 6.05. The van der Waals surface area contributed by atoms with Crippen LogP contribution in [0.5, 0.6) is 0 Å². The molecular weight excluding hydrogens is 322 g/mol. The van der Waals surface area contributed by atoms with Crippen molar-refractivity contribution in [1.82, 2.24) is 15.4 Å². The molecule has 7 heteroatoms. The van der Waals surface area contributed by atoms with Crippen LogP contribution in [0.2, 0.25) is 0 Å². The molecule has 2 N–H and O–H groups in total. The van der Waals surface area contributed by atoms with E-state index in [9.17, 15) is 9.59 Å². The van der Waals surface area contributed by atoms with Crippen molar-refractivity contribution < 1.29 is 19.2 Å². The van der Waals surface area contributed by atoms with Crippen LogP contribution in [-0.2, 0) is 17.8 Å². The van der Waals surface area contributed by atoms with Gasteiger partial charge in [0.1, 0.15) is 11.5 Å². The van der Waals surface area contributed by atoms with Gasteiger partial charge in [-0.05, 0) is 25.3 Å². The Morgan fingerprint density at radius 1 is 1.32 bits per heavy atom. The molecule has 1 unspecified atom stereocenters. The van der Waals surface area contributed by atoms with E-state index in [1.54, 1.807) is 20.0 Å². The minimum absolute atomic E-state index is 0.00394. The summed E-state index contributed by atoms with van der Waals surface area (Å²) < 4.78 is 5.00. The van der Waals surface area contributed by atoms with Gasteiger partial charge in [-0.1, -0.05) is 35.5 Å². The number of rotatable bonds is 8.